The molecule has 0 N–H and O–H groups in total. The van der Waals surface area contributed by atoms with Crippen LogP contribution in [-0.4, -0.2) is 12.4 Å². The summed E-state index contributed by atoms with van der Waals surface area (Å²) in [6, 6.07) is 21.8. The highest BCUT2D eigenvalue weighted by Crippen LogP contribution is 2.38. The Kier molecular flexibility index (Phi) is 7.07. The van der Waals surface area contributed by atoms with Crippen LogP contribution in [0.15, 0.2) is 60.7 Å². The normalized spacial score (nSPS) is 13.7. The van der Waals surface area contributed by atoms with Gasteiger partial charge < -0.3 is 4.43 Å². The molecule has 0 bridgehead atoms. The lowest BCUT2D eigenvalue weighted by atomic mass is 10.2. The minimum absolute atomic E-state index is 0.0609. The molecular weight excluding hydrogens is 423 g/mol. The second-order valence-corrected chi connectivity index (χ2v) is 13.0. The van der Waals surface area contributed by atoms with Crippen molar-refractivity contribution in [3.63, 3.8) is 0 Å². The summed E-state index contributed by atoms with van der Waals surface area (Å²) in [6.45, 7) is 9.25. The molecule has 0 radical (unpaired) electrons. The number of alkyl halides is 1. The molecule has 1 unspecified atom stereocenters. The average molecular weight is 452 g/mol. The summed E-state index contributed by atoms with van der Waals surface area (Å²) in [4.78, 5) is 0. The van der Waals surface area contributed by atoms with Crippen molar-refractivity contribution < 1.29 is 4.43 Å². The predicted molar refractivity (Wildman–Crippen MR) is 116 cm³/mol. The summed E-state index contributed by atoms with van der Waals surface area (Å²) in [5.74, 6) is 0. The SMILES string of the molecule is CCCCC(I)O[Si](c1ccccc1)(c1ccccc1)C(C)(C)C. The van der Waals surface area contributed by atoms with Crippen LogP contribution in [0.25, 0.3) is 0 Å². The van der Waals surface area contributed by atoms with Crippen molar-refractivity contribution in [1.82, 2.24) is 0 Å². The van der Waals surface area contributed by atoms with E-state index in [4.69, 9.17) is 4.43 Å². The average Bonchev–Trinajstić information content (AvgIpc) is 2.58. The first-order chi connectivity index (χ1) is 11.4. The zero-order chi connectivity index (χ0) is 17.6. The molecule has 1 nitrogen and oxygen atoms in total. The Morgan fingerprint density at radius 1 is 0.917 bits per heavy atom. The first-order valence-electron chi connectivity index (χ1n) is 8.84. The van der Waals surface area contributed by atoms with Gasteiger partial charge in [0.05, 0.1) is 4.11 Å². The third kappa shape index (κ3) is 4.30. The molecule has 0 spiro atoms. The van der Waals surface area contributed by atoms with Crippen LogP contribution in [-0.2, 0) is 4.43 Å². The lowest BCUT2D eigenvalue weighted by Crippen LogP contribution is -2.67. The number of unbranched alkanes of at least 4 members (excludes halogenated alkanes) is 1. The standard InChI is InChI=1S/C21H29IOSi/c1-5-6-17-20(22)23-24(21(2,3)4,18-13-9-7-10-14-18)19-15-11-8-12-16-19/h7-16,20H,5-6,17H2,1-4H3. The molecule has 2 aromatic rings. The van der Waals surface area contributed by atoms with Crippen LogP contribution in [0, 0.1) is 0 Å². The maximum atomic E-state index is 7.00. The van der Waals surface area contributed by atoms with Gasteiger partial charge in [-0.1, -0.05) is 124 Å². The Bertz CT molecular complexity index is 567. The molecule has 0 heterocycles. The van der Waals surface area contributed by atoms with E-state index in [-0.39, 0.29) is 9.15 Å². The number of rotatable bonds is 7. The van der Waals surface area contributed by atoms with Crippen molar-refractivity contribution in [3.05, 3.63) is 60.7 Å². The molecule has 0 saturated heterocycles. The zero-order valence-corrected chi connectivity index (χ0v) is 18.4. The summed E-state index contributed by atoms with van der Waals surface area (Å²) in [7, 11) is -2.37. The van der Waals surface area contributed by atoms with Gasteiger partial charge in [-0.2, -0.15) is 0 Å². The van der Waals surface area contributed by atoms with E-state index >= 15 is 0 Å². The van der Waals surface area contributed by atoms with Crippen LogP contribution in [0.1, 0.15) is 47.0 Å². The van der Waals surface area contributed by atoms with Crippen molar-refractivity contribution in [1.29, 1.82) is 0 Å². The molecule has 0 aliphatic carbocycles. The van der Waals surface area contributed by atoms with E-state index in [2.05, 4.69) is 111 Å². The molecule has 2 aromatic carbocycles. The summed E-state index contributed by atoms with van der Waals surface area (Å²) in [5.41, 5.74) is 0. The summed E-state index contributed by atoms with van der Waals surface area (Å²) >= 11 is 2.50. The highest BCUT2D eigenvalue weighted by molar-refractivity contribution is 14.1. The number of hydrogen-bond acceptors (Lipinski definition) is 1. The fourth-order valence-corrected chi connectivity index (χ4v) is 9.41. The van der Waals surface area contributed by atoms with Crippen LogP contribution in [0.4, 0.5) is 0 Å². The number of halogens is 1. The molecule has 0 aromatic heterocycles. The number of hydrogen-bond donors (Lipinski definition) is 0. The van der Waals surface area contributed by atoms with E-state index in [0.717, 1.165) is 6.42 Å². The van der Waals surface area contributed by atoms with Gasteiger partial charge >= 0.3 is 0 Å². The van der Waals surface area contributed by atoms with E-state index in [9.17, 15) is 0 Å². The summed E-state index contributed by atoms with van der Waals surface area (Å²) in [6.07, 6.45) is 3.54. The third-order valence-electron chi connectivity index (χ3n) is 4.51. The van der Waals surface area contributed by atoms with Gasteiger partial charge in [0.2, 0.25) is 0 Å². The largest absolute Gasteiger partial charge is 0.396 e. The van der Waals surface area contributed by atoms with Gasteiger partial charge in [0.15, 0.2) is 0 Å². The Hall–Kier alpha value is -0.653. The molecule has 0 aliphatic rings. The molecule has 0 fully saturated rings. The minimum atomic E-state index is -2.37. The molecule has 0 aliphatic heterocycles. The molecule has 0 saturated carbocycles. The van der Waals surface area contributed by atoms with Crippen LogP contribution >= 0.6 is 22.6 Å². The van der Waals surface area contributed by atoms with Crippen LogP contribution < -0.4 is 10.4 Å². The summed E-state index contributed by atoms with van der Waals surface area (Å²) in [5, 5.41) is 2.79. The molecule has 24 heavy (non-hydrogen) atoms. The molecule has 0 amide bonds. The smallest absolute Gasteiger partial charge is 0.262 e. The lowest BCUT2D eigenvalue weighted by Gasteiger charge is -2.44. The summed E-state index contributed by atoms with van der Waals surface area (Å²) < 4.78 is 7.25. The van der Waals surface area contributed by atoms with Crippen LogP contribution in [0.2, 0.25) is 5.04 Å². The third-order valence-corrected chi connectivity index (χ3v) is 10.9. The van der Waals surface area contributed by atoms with Gasteiger partial charge in [-0.05, 0) is 21.8 Å². The van der Waals surface area contributed by atoms with Gasteiger partial charge in [-0.25, -0.2) is 0 Å². The second kappa shape index (κ2) is 8.63. The quantitative estimate of drug-likeness (QED) is 0.306. The zero-order valence-electron chi connectivity index (χ0n) is 15.3. The van der Waals surface area contributed by atoms with Gasteiger partial charge in [0.1, 0.15) is 0 Å². The lowest BCUT2D eigenvalue weighted by molar-refractivity contribution is 0.270. The monoisotopic (exact) mass is 452 g/mol. The Balaban J connectivity index is 2.57. The van der Waals surface area contributed by atoms with Gasteiger partial charge in [-0.3, -0.25) is 0 Å². The highest BCUT2D eigenvalue weighted by Gasteiger charge is 2.51. The Morgan fingerprint density at radius 3 is 1.75 bits per heavy atom. The fourth-order valence-electron chi connectivity index (χ4n) is 3.31. The van der Waals surface area contributed by atoms with Crippen molar-refractivity contribution in [3.8, 4) is 0 Å². The van der Waals surface area contributed by atoms with E-state index in [1.807, 2.05) is 0 Å². The maximum Gasteiger partial charge on any atom is 0.262 e. The van der Waals surface area contributed by atoms with Gasteiger partial charge in [-0.15, -0.1) is 0 Å². The van der Waals surface area contributed by atoms with E-state index < -0.39 is 8.32 Å². The van der Waals surface area contributed by atoms with Crippen LogP contribution in [0.5, 0.6) is 0 Å². The first kappa shape index (κ1) is 19.7. The first-order valence-corrected chi connectivity index (χ1v) is 12.0. The van der Waals surface area contributed by atoms with Crippen molar-refractivity contribution in [2.24, 2.45) is 0 Å². The van der Waals surface area contributed by atoms with Crippen molar-refractivity contribution in [2.75, 3.05) is 0 Å². The van der Waals surface area contributed by atoms with Crippen LogP contribution in [0.3, 0.4) is 0 Å². The topological polar surface area (TPSA) is 9.23 Å². The maximum absolute atomic E-state index is 7.00. The predicted octanol–water partition coefficient (Wildman–Crippen LogP) is 5.51. The number of benzene rings is 2. The van der Waals surface area contributed by atoms with Gasteiger partial charge in [0, 0.05) is 0 Å². The second-order valence-electron chi connectivity index (χ2n) is 7.33. The van der Waals surface area contributed by atoms with E-state index in [1.165, 1.54) is 23.2 Å². The fraction of sp³-hybridized carbons (Fsp3) is 0.429. The molecule has 130 valence electrons. The molecule has 2 rings (SSSR count). The molecule has 3 heteroatoms. The Labute approximate surface area is 162 Å². The van der Waals surface area contributed by atoms with Gasteiger partial charge in [0.25, 0.3) is 8.32 Å². The molecular formula is C21H29IOSi. The van der Waals surface area contributed by atoms with E-state index in [0.29, 0.717) is 0 Å². The van der Waals surface area contributed by atoms with Crippen molar-refractivity contribution in [2.45, 2.75) is 56.1 Å². The van der Waals surface area contributed by atoms with E-state index in [1.54, 1.807) is 0 Å². The van der Waals surface area contributed by atoms with Crippen molar-refractivity contribution >= 4 is 41.3 Å². The Morgan fingerprint density at radius 2 is 1.38 bits per heavy atom. The minimum Gasteiger partial charge on any atom is -0.396 e. The molecule has 1 atom stereocenters. The highest BCUT2D eigenvalue weighted by atomic mass is 127.